The number of rotatable bonds is 1. The molecule has 1 aromatic rings. The molecule has 3 nitrogen and oxygen atoms in total. The summed E-state index contributed by atoms with van der Waals surface area (Å²) in [4.78, 5) is 0. The first-order valence-electron chi connectivity index (χ1n) is 2.94. The molecule has 0 aliphatic rings. The summed E-state index contributed by atoms with van der Waals surface area (Å²) < 4.78 is 0. The summed E-state index contributed by atoms with van der Waals surface area (Å²) in [6.45, 7) is 0. The van der Waals surface area contributed by atoms with Crippen molar-refractivity contribution in [2.75, 3.05) is 5.43 Å². The van der Waals surface area contributed by atoms with Crippen molar-refractivity contribution in [2.24, 2.45) is 5.84 Å². The van der Waals surface area contributed by atoms with Gasteiger partial charge < -0.3 is 5.43 Å². The molecule has 0 unspecified atom stereocenters. The van der Waals surface area contributed by atoms with Crippen LogP contribution in [-0.4, -0.2) is 0 Å². The van der Waals surface area contributed by atoms with E-state index in [0.717, 1.165) is 0 Å². The van der Waals surface area contributed by atoms with Crippen LogP contribution in [-0.2, 0) is 0 Å². The summed E-state index contributed by atoms with van der Waals surface area (Å²) in [5.74, 6) is 5.12. The Labute approximate surface area is 69.4 Å². The summed E-state index contributed by atoms with van der Waals surface area (Å²) in [6, 6.07) is 6.81. The van der Waals surface area contributed by atoms with E-state index in [9.17, 15) is 0 Å². The number of nitrogens with zero attached hydrogens (tertiary/aromatic N) is 1. The van der Waals surface area contributed by atoms with Crippen LogP contribution in [0.2, 0.25) is 5.02 Å². The Morgan fingerprint density at radius 1 is 1.55 bits per heavy atom. The minimum atomic E-state index is 0.451. The second-order valence-corrected chi connectivity index (χ2v) is 2.36. The Morgan fingerprint density at radius 3 is 2.73 bits per heavy atom. The van der Waals surface area contributed by atoms with Crippen molar-refractivity contribution < 1.29 is 0 Å². The van der Waals surface area contributed by atoms with Gasteiger partial charge in [0.25, 0.3) is 0 Å². The number of halogens is 1. The van der Waals surface area contributed by atoms with Crippen molar-refractivity contribution in [1.29, 1.82) is 5.26 Å². The van der Waals surface area contributed by atoms with Crippen molar-refractivity contribution in [2.45, 2.75) is 0 Å². The molecule has 0 radical (unpaired) electrons. The molecule has 0 aliphatic carbocycles. The normalized spacial score (nSPS) is 8.82. The largest absolute Gasteiger partial charge is 0.323 e. The highest BCUT2D eigenvalue weighted by molar-refractivity contribution is 6.33. The van der Waals surface area contributed by atoms with Gasteiger partial charge in [0.1, 0.15) is 0 Å². The summed E-state index contributed by atoms with van der Waals surface area (Å²) >= 11 is 5.71. The lowest BCUT2D eigenvalue weighted by atomic mass is 10.2. The van der Waals surface area contributed by atoms with Gasteiger partial charge >= 0.3 is 0 Å². The lowest BCUT2D eigenvalue weighted by Crippen LogP contribution is -2.06. The van der Waals surface area contributed by atoms with E-state index in [0.29, 0.717) is 16.3 Å². The zero-order valence-electron chi connectivity index (χ0n) is 5.63. The van der Waals surface area contributed by atoms with Gasteiger partial charge in [-0.3, -0.25) is 5.84 Å². The fourth-order valence-corrected chi connectivity index (χ4v) is 0.937. The fourth-order valence-electron chi connectivity index (χ4n) is 0.702. The third kappa shape index (κ3) is 1.61. The Kier molecular flexibility index (Phi) is 2.32. The van der Waals surface area contributed by atoms with E-state index in [1.54, 1.807) is 18.2 Å². The highest BCUT2D eigenvalue weighted by Gasteiger charge is 1.98. The van der Waals surface area contributed by atoms with E-state index in [4.69, 9.17) is 22.7 Å². The van der Waals surface area contributed by atoms with Crippen LogP contribution in [0.15, 0.2) is 18.2 Å². The van der Waals surface area contributed by atoms with Crippen molar-refractivity contribution in [3.63, 3.8) is 0 Å². The first-order valence-corrected chi connectivity index (χ1v) is 3.32. The molecule has 0 fully saturated rings. The molecule has 3 N–H and O–H groups in total. The summed E-state index contributed by atoms with van der Waals surface area (Å²) in [7, 11) is 0. The van der Waals surface area contributed by atoms with E-state index in [-0.39, 0.29) is 0 Å². The average molecular weight is 168 g/mol. The third-order valence-corrected chi connectivity index (χ3v) is 1.57. The van der Waals surface area contributed by atoms with Gasteiger partial charge in [-0.2, -0.15) is 5.26 Å². The number of nitrogens with two attached hydrogens (primary N) is 1. The molecule has 1 rings (SSSR count). The van der Waals surface area contributed by atoms with Crippen LogP contribution >= 0.6 is 11.6 Å². The molecule has 0 saturated heterocycles. The topological polar surface area (TPSA) is 61.8 Å². The van der Waals surface area contributed by atoms with Gasteiger partial charge in [-0.25, -0.2) is 0 Å². The monoisotopic (exact) mass is 167 g/mol. The minimum absolute atomic E-state index is 0.451. The van der Waals surface area contributed by atoms with Gasteiger partial charge in [0.15, 0.2) is 0 Å². The number of nitrogens with one attached hydrogen (secondary N) is 1. The zero-order chi connectivity index (χ0) is 8.27. The second-order valence-electron chi connectivity index (χ2n) is 1.95. The number of benzene rings is 1. The van der Waals surface area contributed by atoms with Crippen LogP contribution in [0.4, 0.5) is 5.69 Å². The zero-order valence-corrected chi connectivity index (χ0v) is 6.39. The van der Waals surface area contributed by atoms with E-state index in [2.05, 4.69) is 5.43 Å². The molecule has 0 aromatic heterocycles. The number of anilines is 1. The summed E-state index contributed by atoms with van der Waals surface area (Å²) in [5.41, 5.74) is 3.54. The Morgan fingerprint density at radius 2 is 2.27 bits per heavy atom. The molecular weight excluding hydrogens is 162 g/mol. The van der Waals surface area contributed by atoms with Gasteiger partial charge in [0.2, 0.25) is 0 Å². The van der Waals surface area contributed by atoms with E-state index < -0.39 is 0 Å². The van der Waals surface area contributed by atoms with Gasteiger partial charge in [-0.1, -0.05) is 11.6 Å². The predicted octanol–water partition coefficient (Wildman–Crippen LogP) is 1.50. The highest BCUT2D eigenvalue weighted by Crippen LogP contribution is 2.21. The Balaban J connectivity index is 3.12. The van der Waals surface area contributed by atoms with Crippen LogP contribution < -0.4 is 11.3 Å². The first kappa shape index (κ1) is 7.86. The molecule has 0 bridgehead atoms. The standard InChI is InChI=1S/C7H6ClN3/c8-6-3-5(4-9)1-2-7(6)11-10/h1-3,11H,10H2. The Bertz CT molecular complexity index is 303. The quantitative estimate of drug-likeness (QED) is 0.492. The number of nitriles is 1. The molecule has 4 heteroatoms. The summed E-state index contributed by atoms with van der Waals surface area (Å²) in [5, 5.41) is 8.92. The smallest absolute Gasteiger partial charge is 0.0992 e. The Hall–Kier alpha value is -1.24. The molecule has 0 heterocycles. The van der Waals surface area contributed by atoms with Crippen molar-refractivity contribution in [3.8, 4) is 6.07 Å². The van der Waals surface area contributed by atoms with Gasteiger partial charge in [0, 0.05) is 0 Å². The lowest BCUT2D eigenvalue weighted by Gasteiger charge is -2.01. The van der Waals surface area contributed by atoms with Gasteiger partial charge in [0.05, 0.1) is 22.3 Å². The second kappa shape index (κ2) is 3.24. The molecule has 0 saturated carbocycles. The molecule has 0 amide bonds. The lowest BCUT2D eigenvalue weighted by molar-refractivity contribution is 1.35. The van der Waals surface area contributed by atoms with Crippen LogP contribution in [0.25, 0.3) is 0 Å². The highest BCUT2D eigenvalue weighted by atomic mass is 35.5. The van der Waals surface area contributed by atoms with E-state index in [1.807, 2.05) is 6.07 Å². The molecule has 0 aliphatic heterocycles. The number of hydrogen-bond donors (Lipinski definition) is 2. The number of nitrogen functional groups attached to an aromatic ring is 1. The molecule has 56 valence electrons. The number of hydrazine groups is 1. The third-order valence-electron chi connectivity index (χ3n) is 1.25. The molecule has 1 aromatic carbocycles. The predicted molar refractivity (Wildman–Crippen MR) is 44.0 cm³/mol. The van der Waals surface area contributed by atoms with Crippen molar-refractivity contribution in [1.82, 2.24) is 0 Å². The van der Waals surface area contributed by atoms with Crippen LogP contribution in [0.1, 0.15) is 5.56 Å². The maximum Gasteiger partial charge on any atom is 0.0992 e. The first-order chi connectivity index (χ1) is 5.27. The van der Waals surface area contributed by atoms with Crippen molar-refractivity contribution in [3.05, 3.63) is 28.8 Å². The molecule has 0 atom stereocenters. The van der Waals surface area contributed by atoms with Crippen LogP contribution in [0.3, 0.4) is 0 Å². The average Bonchev–Trinajstić information content (AvgIpc) is 2.04. The minimum Gasteiger partial charge on any atom is -0.323 e. The molecular formula is C7H6ClN3. The maximum absolute atomic E-state index is 8.47. The van der Waals surface area contributed by atoms with E-state index >= 15 is 0 Å². The van der Waals surface area contributed by atoms with Crippen molar-refractivity contribution >= 4 is 17.3 Å². The van der Waals surface area contributed by atoms with Gasteiger partial charge in [-0.15, -0.1) is 0 Å². The number of hydrogen-bond acceptors (Lipinski definition) is 3. The van der Waals surface area contributed by atoms with Gasteiger partial charge in [-0.05, 0) is 18.2 Å². The van der Waals surface area contributed by atoms with Crippen LogP contribution in [0.5, 0.6) is 0 Å². The summed E-state index contributed by atoms with van der Waals surface area (Å²) in [6.07, 6.45) is 0. The van der Waals surface area contributed by atoms with E-state index in [1.165, 1.54) is 0 Å². The SMILES string of the molecule is N#Cc1ccc(NN)c(Cl)c1. The maximum atomic E-state index is 8.47. The van der Waals surface area contributed by atoms with Crippen LogP contribution in [0, 0.1) is 11.3 Å². The molecule has 11 heavy (non-hydrogen) atoms. The molecule has 0 spiro atoms. The fraction of sp³-hybridized carbons (Fsp3) is 0.